The van der Waals surface area contributed by atoms with Crippen LogP contribution in [0.2, 0.25) is 0 Å². The fourth-order valence-corrected chi connectivity index (χ4v) is 2.94. The number of aromatic nitrogens is 2. The highest BCUT2D eigenvalue weighted by molar-refractivity contribution is 5.84. The number of carbonyl (C=O) groups excluding carboxylic acids is 2. The molecule has 1 aromatic heterocycles. The van der Waals surface area contributed by atoms with Gasteiger partial charge in [0.1, 0.15) is 17.5 Å². The topological polar surface area (TPSA) is 121 Å². The first-order valence-corrected chi connectivity index (χ1v) is 9.09. The smallest absolute Gasteiger partial charge is 0.328 e. The highest BCUT2D eigenvalue weighted by Gasteiger charge is 2.22. The van der Waals surface area contributed by atoms with E-state index in [1.807, 2.05) is 6.07 Å². The van der Waals surface area contributed by atoms with Gasteiger partial charge in [0.05, 0.1) is 18.1 Å². The number of benzene rings is 2. The van der Waals surface area contributed by atoms with E-state index in [-0.39, 0.29) is 36.3 Å². The summed E-state index contributed by atoms with van der Waals surface area (Å²) in [5, 5.41) is 12.0. The maximum Gasteiger partial charge on any atom is 0.328 e. The molecule has 29 heavy (non-hydrogen) atoms. The quantitative estimate of drug-likeness (QED) is 0.521. The number of para-hydroxylation sites is 2. The lowest BCUT2D eigenvalue weighted by Gasteiger charge is -2.16. The maximum absolute atomic E-state index is 12.4. The second-order valence-electron chi connectivity index (χ2n) is 6.54. The number of phenols is 1. The first-order chi connectivity index (χ1) is 14.0. The third-order valence-corrected chi connectivity index (χ3v) is 4.46. The number of H-pyrrole nitrogens is 1. The third kappa shape index (κ3) is 5.19. The molecule has 0 aliphatic carbocycles. The highest BCUT2D eigenvalue weighted by Crippen LogP contribution is 2.12. The SMILES string of the molecule is COC(=O)C(Cc1ccc(O)cc1)NC(=O)CCc1nc2ccccc2[nH]c1=O. The number of esters is 1. The van der Waals surface area contributed by atoms with Gasteiger partial charge in [-0.15, -0.1) is 0 Å². The van der Waals surface area contributed by atoms with Crippen molar-refractivity contribution in [3.05, 3.63) is 70.1 Å². The number of aromatic hydroxyl groups is 1. The molecule has 0 aliphatic heterocycles. The number of aryl methyl sites for hydroxylation is 1. The summed E-state index contributed by atoms with van der Waals surface area (Å²) in [6.07, 6.45) is 0.351. The van der Waals surface area contributed by atoms with Gasteiger partial charge in [0.15, 0.2) is 0 Å². The zero-order chi connectivity index (χ0) is 20.8. The van der Waals surface area contributed by atoms with E-state index in [2.05, 4.69) is 15.3 Å². The van der Waals surface area contributed by atoms with Crippen LogP contribution in [-0.4, -0.2) is 40.1 Å². The molecule has 150 valence electrons. The van der Waals surface area contributed by atoms with Gasteiger partial charge in [-0.25, -0.2) is 9.78 Å². The molecule has 0 aliphatic rings. The number of phenolic OH excluding ortho intramolecular Hbond substituents is 1. The number of amides is 1. The van der Waals surface area contributed by atoms with Gasteiger partial charge in [0.2, 0.25) is 5.91 Å². The second-order valence-corrected chi connectivity index (χ2v) is 6.54. The lowest BCUT2D eigenvalue weighted by molar-refractivity contribution is -0.145. The Bertz CT molecular complexity index is 1080. The molecule has 0 saturated carbocycles. The molecule has 8 heteroatoms. The molecule has 0 saturated heterocycles. The van der Waals surface area contributed by atoms with Gasteiger partial charge >= 0.3 is 5.97 Å². The van der Waals surface area contributed by atoms with E-state index in [9.17, 15) is 19.5 Å². The number of hydrogen-bond acceptors (Lipinski definition) is 6. The van der Waals surface area contributed by atoms with Gasteiger partial charge in [0.25, 0.3) is 5.56 Å². The van der Waals surface area contributed by atoms with Gasteiger partial charge in [-0.05, 0) is 29.8 Å². The number of fused-ring (bicyclic) bond motifs is 1. The zero-order valence-corrected chi connectivity index (χ0v) is 15.8. The predicted molar refractivity (Wildman–Crippen MR) is 106 cm³/mol. The van der Waals surface area contributed by atoms with E-state index in [0.717, 1.165) is 5.56 Å². The minimum Gasteiger partial charge on any atom is -0.508 e. The Morgan fingerprint density at radius 3 is 2.62 bits per heavy atom. The van der Waals surface area contributed by atoms with Crippen molar-refractivity contribution in [3.63, 3.8) is 0 Å². The standard InChI is InChI=1S/C21H21N3O5/c1-29-21(28)18(12-13-6-8-14(25)9-7-13)23-19(26)11-10-17-20(27)24-16-5-3-2-4-15(16)22-17/h2-9,18,25H,10-12H2,1H3,(H,23,26)(H,24,27). The molecular formula is C21H21N3O5. The Kier molecular flexibility index (Phi) is 6.23. The minimum atomic E-state index is -0.875. The minimum absolute atomic E-state index is 0.00249. The Balaban J connectivity index is 1.65. The summed E-state index contributed by atoms with van der Waals surface area (Å²) in [6.45, 7) is 0. The van der Waals surface area contributed by atoms with Gasteiger partial charge in [-0.2, -0.15) is 0 Å². The number of ether oxygens (including phenoxy) is 1. The Morgan fingerprint density at radius 2 is 1.90 bits per heavy atom. The van der Waals surface area contributed by atoms with Crippen LogP contribution in [0.4, 0.5) is 0 Å². The Labute approximate surface area is 166 Å². The van der Waals surface area contributed by atoms with Crippen molar-refractivity contribution in [2.45, 2.75) is 25.3 Å². The van der Waals surface area contributed by atoms with Crippen molar-refractivity contribution < 1.29 is 19.4 Å². The van der Waals surface area contributed by atoms with E-state index >= 15 is 0 Å². The summed E-state index contributed by atoms with van der Waals surface area (Å²) in [5.41, 5.74) is 1.94. The summed E-state index contributed by atoms with van der Waals surface area (Å²) in [7, 11) is 1.25. The predicted octanol–water partition coefficient (Wildman–Crippen LogP) is 1.46. The summed E-state index contributed by atoms with van der Waals surface area (Å²) < 4.78 is 4.77. The van der Waals surface area contributed by atoms with Crippen LogP contribution >= 0.6 is 0 Å². The zero-order valence-electron chi connectivity index (χ0n) is 15.8. The molecule has 1 unspecified atom stereocenters. The summed E-state index contributed by atoms with van der Waals surface area (Å²) >= 11 is 0. The maximum atomic E-state index is 12.4. The highest BCUT2D eigenvalue weighted by atomic mass is 16.5. The lowest BCUT2D eigenvalue weighted by Crippen LogP contribution is -2.43. The molecule has 0 radical (unpaired) electrons. The van der Waals surface area contributed by atoms with Crippen LogP contribution in [0.25, 0.3) is 11.0 Å². The number of carbonyl (C=O) groups is 2. The number of nitrogens with zero attached hydrogens (tertiary/aromatic N) is 1. The molecule has 0 bridgehead atoms. The molecule has 0 fully saturated rings. The number of methoxy groups -OCH3 is 1. The average molecular weight is 395 g/mol. The van der Waals surface area contributed by atoms with Crippen molar-refractivity contribution in [2.24, 2.45) is 0 Å². The van der Waals surface area contributed by atoms with Gasteiger partial charge in [-0.3, -0.25) is 9.59 Å². The van der Waals surface area contributed by atoms with E-state index in [0.29, 0.717) is 11.0 Å². The van der Waals surface area contributed by atoms with Crippen LogP contribution in [0.5, 0.6) is 5.75 Å². The van der Waals surface area contributed by atoms with Crippen molar-refractivity contribution >= 4 is 22.9 Å². The van der Waals surface area contributed by atoms with Crippen molar-refractivity contribution in [3.8, 4) is 5.75 Å². The summed E-state index contributed by atoms with van der Waals surface area (Å²) in [6, 6.07) is 12.6. The van der Waals surface area contributed by atoms with Gasteiger partial charge in [0, 0.05) is 19.3 Å². The van der Waals surface area contributed by atoms with Crippen molar-refractivity contribution in [1.29, 1.82) is 0 Å². The fourth-order valence-electron chi connectivity index (χ4n) is 2.94. The largest absolute Gasteiger partial charge is 0.508 e. The Hall–Kier alpha value is -3.68. The monoisotopic (exact) mass is 395 g/mol. The van der Waals surface area contributed by atoms with Crippen LogP contribution in [0.1, 0.15) is 17.7 Å². The molecule has 1 heterocycles. The fraction of sp³-hybridized carbons (Fsp3) is 0.238. The van der Waals surface area contributed by atoms with Crippen molar-refractivity contribution in [1.82, 2.24) is 15.3 Å². The van der Waals surface area contributed by atoms with Crippen LogP contribution in [0.3, 0.4) is 0 Å². The molecule has 8 nitrogen and oxygen atoms in total. The van der Waals surface area contributed by atoms with E-state index in [1.54, 1.807) is 30.3 Å². The van der Waals surface area contributed by atoms with E-state index in [4.69, 9.17) is 4.74 Å². The van der Waals surface area contributed by atoms with Crippen LogP contribution < -0.4 is 10.9 Å². The summed E-state index contributed by atoms with van der Waals surface area (Å²) in [4.78, 5) is 43.6. The normalized spacial score (nSPS) is 11.8. The summed E-state index contributed by atoms with van der Waals surface area (Å²) in [5.74, 6) is -0.859. The number of hydrogen-bond donors (Lipinski definition) is 3. The molecule has 1 atom stereocenters. The molecule has 2 aromatic carbocycles. The molecule has 0 spiro atoms. The average Bonchev–Trinajstić information content (AvgIpc) is 2.72. The number of aromatic amines is 1. The molecule has 1 amide bonds. The number of nitrogens with one attached hydrogen (secondary N) is 2. The molecule has 3 rings (SSSR count). The lowest BCUT2D eigenvalue weighted by atomic mass is 10.1. The van der Waals surface area contributed by atoms with E-state index in [1.165, 1.54) is 19.2 Å². The molecule has 3 N–H and O–H groups in total. The van der Waals surface area contributed by atoms with Crippen molar-refractivity contribution in [2.75, 3.05) is 7.11 Å². The Morgan fingerprint density at radius 1 is 1.17 bits per heavy atom. The first kappa shape index (κ1) is 20.1. The third-order valence-electron chi connectivity index (χ3n) is 4.46. The van der Waals surface area contributed by atoms with Gasteiger partial charge in [-0.1, -0.05) is 24.3 Å². The first-order valence-electron chi connectivity index (χ1n) is 9.09. The molecular weight excluding hydrogens is 374 g/mol. The number of rotatable bonds is 7. The van der Waals surface area contributed by atoms with E-state index < -0.39 is 17.9 Å². The van der Waals surface area contributed by atoms with Crippen LogP contribution in [-0.2, 0) is 27.2 Å². The molecule has 3 aromatic rings. The van der Waals surface area contributed by atoms with Crippen LogP contribution in [0, 0.1) is 0 Å². The van der Waals surface area contributed by atoms with Gasteiger partial charge < -0.3 is 20.1 Å². The second kappa shape index (κ2) is 9.01. The van der Waals surface area contributed by atoms with Crippen LogP contribution in [0.15, 0.2) is 53.3 Å².